The molecule has 0 saturated heterocycles. The van der Waals surface area contributed by atoms with Gasteiger partial charge in [-0.15, -0.1) is 11.3 Å². The highest BCUT2D eigenvalue weighted by Crippen LogP contribution is 2.22. The number of hydrogen-bond acceptors (Lipinski definition) is 4. The smallest absolute Gasteiger partial charge is 0.257 e. The first-order valence-corrected chi connectivity index (χ1v) is 8.98. The van der Waals surface area contributed by atoms with Gasteiger partial charge in [-0.05, 0) is 30.2 Å². The molecule has 4 nitrogen and oxygen atoms in total. The Morgan fingerprint density at radius 1 is 1.16 bits per heavy atom. The fourth-order valence-corrected chi connectivity index (χ4v) is 3.09. The van der Waals surface area contributed by atoms with Crippen LogP contribution in [0.25, 0.3) is 0 Å². The molecule has 1 aromatic heterocycles. The van der Waals surface area contributed by atoms with Gasteiger partial charge in [0.05, 0.1) is 16.8 Å². The fourth-order valence-electron chi connectivity index (χ4n) is 2.55. The maximum absolute atomic E-state index is 12.9. The number of aromatic nitrogens is 1. The number of nitrogens with zero attached hydrogens (tertiary/aromatic N) is 2. The summed E-state index contributed by atoms with van der Waals surface area (Å²) in [5.74, 6) is 0.522. The molecule has 2 aromatic carbocycles. The summed E-state index contributed by atoms with van der Waals surface area (Å²) in [4.78, 5) is 18.8. The lowest BCUT2D eigenvalue weighted by atomic mass is 10.1. The third-order valence-electron chi connectivity index (χ3n) is 3.99. The van der Waals surface area contributed by atoms with Crippen LogP contribution in [0, 0.1) is 6.92 Å². The second-order valence-corrected chi connectivity index (χ2v) is 6.57. The predicted molar refractivity (Wildman–Crippen MR) is 99.9 cm³/mol. The van der Waals surface area contributed by atoms with Crippen molar-refractivity contribution in [1.29, 1.82) is 0 Å². The number of thiazole rings is 1. The molecular formula is C20H20N2O2S. The molecule has 0 atom stereocenters. The van der Waals surface area contributed by atoms with Gasteiger partial charge in [-0.2, -0.15) is 0 Å². The molecule has 1 heterocycles. The molecule has 5 heteroatoms. The molecule has 0 aliphatic carbocycles. The van der Waals surface area contributed by atoms with Gasteiger partial charge in [0.2, 0.25) is 0 Å². The van der Waals surface area contributed by atoms with Crippen molar-refractivity contribution in [3.8, 4) is 5.75 Å². The Morgan fingerprint density at radius 2 is 1.92 bits per heavy atom. The van der Waals surface area contributed by atoms with E-state index in [-0.39, 0.29) is 5.91 Å². The van der Waals surface area contributed by atoms with Gasteiger partial charge in [0.15, 0.2) is 0 Å². The lowest BCUT2D eigenvalue weighted by Gasteiger charge is -2.20. The molecule has 0 unspecified atom stereocenters. The number of aryl methyl sites for hydroxylation is 1. The summed E-state index contributed by atoms with van der Waals surface area (Å²) in [6.45, 7) is 2.97. The van der Waals surface area contributed by atoms with E-state index in [2.05, 4.69) is 18.0 Å². The van der Waals surface area contributed by atoms with Crippen molar-refractivity contribution in [3.63, 3.8) is 0 Å². The van der Waals surface area contributed by atoms with Crippen molar-refractivity contribution >= 4 is 17.2 Å². The van der Waals surface area contributed by atoms with Crippen molar-refractivity contribution in [1.82, 2.24) is 9.88 Å². The summed E-state index contributed by atoms with van der Waals surface area (Å²) in [5, 5.41) is 1.94. The topological polar surface area (TPSA) is 42.4 Å². The summed E-state index contributed by atoms with van der Waals surface area (Å²) in [7, 11) is 1.81. The van der Waals surface area contributed by atoms with Crippen LogP contribution in [0.5, 0.6) is 5.75 Å². The second-order valence-electron chi connectivity index (χ2n) is 5.85. The van der Waals surface area contributed by atoms with Crippen LogP contribution in [0.4, 0.5) is 0 Å². The number of benzene rings is 2. The number of carbonyl (C=O) groups excluding carboxylic acids is 1. The van der Waals surface area contributed by atoms with Crippen LogP contribution in [0.15, 0.2) is 59.4 Å². The van der Waals surface area contributed by atoms with Crippen LogP contribution in [0.3, 0.4) is 0 Å². The number of hydrogen-bond donors (Lipinski definition) is 0. The number of ether oxygens (including phenoxy) is 1. The zero-order valence-corrected chi connectivity index (χ0v) is 15.1. The van der Waals surface area contributed by atoms with Gasteiger partial charge in [0.25, 0.3) is 5.91 Å². The van der Waals surface area contributed by atoms with Crippen LogP contribution in [0.1, 0.15) is 27.2 Å². The Hall–Kier alpha value is -2.66. The molecule has 0 radical (unpaired) electrons. The van der Waals surface area contributed by atoms with E-state index in [0.717, 1.165) is 11.3 Å². The van der Waals surface area contributed by atoms with Crippen molar-refractivity contribution in [2.24, 2.45) is 0 Å². The molecule has 1 amide bonds. The monoisotopic (exact) mass is 352 g/mol. The number of amides is 1. The molecule has 0 fully saturated rings. The molecule has 0 aliphatic rings. The molecule has 3 rings (SSSR count). The minimum absolute atomic E-state index is 0.0582. The highest BCUT2D eigenvalue weighted by Gasteiger charge is 2.17. The van der Waals surface area contributed by atoms with Crippen molar-refractivity contribution in [2.75, 3.05) is 7.05 Å². The lowest BCUT2D eigenvalue weighted by molar-refractivity contribution is 0.0780. The van der Waals surface area contributed by atoms with Crippen molar-refractivity contribution < 1.29 is 9.53 Å². The zero-order chi connectivity index (χ0) is 17.6. The van der Waals surface area contributed by atoms with Gasteiger partial charge >= 0.3 is 0 Å². The summed E-state index contributed by atoms with van der Waals surface area (Å²) in [5.41, 5.74) is 5.51. The third-order valence-corrected chi connectivity index (χ3v) is 4.63. The Bertz CT molecular complexity index is 846. The lowest BCUT2D eigenvalue weighted by Crippen LogP contribution is -2.27. The Morgan fingerprint density at radius 3 is 2.68 bits per heavy atom. The Kier molecular flexibility index (Phi) is 5.46. The molecule has 0 aliphatic heterocycles. The zero-order valence-electron chi connectivity index (χ0n) is 14.3. The quantitative estimate of drug-likeness (QED) is 0.664. The van der Waals surface area contributed by atoms with Gasteiger partial charge in [-0.1, -0.05) is 36.4 Å². The van der Waals surface area contributed by atoms with Crippen LogP contribution >= 0.6 is 11.3 Å². The summed E-state index contributed by atoms with van der Waals surface area (Å²) >= 11 is 1.53. The standard InChI is InChI=1S/C20H20N2O2S/c1-15-7-3-4-8-16(15)11-22(2)20(23)18-9-5-6-10-19(18)24-12-17-13-25-14-21-17/h3-10,13-14H,11-12H2,1-2H3. The molecule has 0 N–H and O–H groups in total. The summed E-state index contributed by atoms with van der Waals surface area (Å²) in [6.07, 6.45) is 0. The van der Waals surface area contributed by atoms with E-state index < -0.39 is 0 Å². The number of carbonyl (C=O) groups is 1. The number of rotatable bonds is 6. The average molecular weight is 352 g/mol. The summed E-state index contributed by atoms with van der Waals surface area (Å²) in [6, 6.07) is 15.4. The minimum atomic E-state index is -0.0582. The van der Waals surface area contributed by atoms with E-state index in [1.807, 2.05) is 48.8 Å². The first-order valence-electron chi connectivity index (χ1n) is 8.04. The number of para-hydroxylation sites is 1. The Labute approximate surface area is 151 Å². The van der Waals surface area contributed by atoms with Crippen LogP contribution < -0.4 is 4.74 Å². The molecule has 0 saturated carbocycles. The second kappa shape index (κ2) is 7.94. The van der Waals surface area contributed by atoms with Gasteiger partial charge in [0, 0.05) is 19.0 Å². The maximum Gasteiger partial charge on any atom is 0.257 e. The highest BCUT2D eigenvalue weighted by molar-refractivity contribution is 7.07. The predicted octanol–water partition coefficient (Wildman–Crippen LogP) is 4.30. The van der Waals surface area contributed by atoms with E-state index in [9.17, 15) is 4.79 Å². The van der Waals surface area contributed by atoms with E-state index in [0.29, 0.717) is 24.5 Å². The van der Waals surface area contributed by atoms with Crippen molar-refractivity contribution in [3.05, 3.63) is 81.8 Å². The van der Waals surface area contributed by atoms with E-state index in [4.69, 9.17) is 4.74 Å². The SMILES string of the molecule is Cc1ccccc1CN(C)C(=O)c1ccccc1OCc1cscn1. The van der Waals surface area contributed by atoms with Gasteiger partial charge < -0.3 is 9.64 Å². The first-order chi connectivity index (χ1) is 12.1. The van der Waals surface area contributed by atoms with Gasteiger partial charge in [0.1, 0.15) is 12.4 Å². The highest BCUT2D eigenvalue weighted by atomic mass is 32.1. The third kappa shape index (κ3) is 4.25. The maximum atomic E-state index is 12.9. The van der Waals surface area contributed by atoms with E-state index >= 15 is 0 Å². The van der Waals surface area contributed by atoms with Crippen molar-refractivity contribution in [2.45, 2.75) is 20.1 Å². The summed E-state index contributed by atoms with van der Waals surface area (Å²) < 4.78 is 5.82. The van der Waals surface area contributed by atoms with Crippen LogP contribution in [-0.2, 0) is 13.2 Å². The minimum Gasteiger partial charge on any atom is -0.486 e. The van der Waals surface area contributed by atoms with Gasteiger partial charge in [-0.3, -0.25) is 4.79 Å². The molecule has 3 aromatic rings. The molecule has 0 bridgehead atoms. The fraction of sp³-hybridized carbons (Fsp3) is 0.200. The molecule has 128 valence electrons. The van der Waals surface area contributed by atoms with Crippen LogP contribution in [0.2, 0.25) is 0 Å². The normalized spacial score (nSPS) is 10.5. The largest absolute Gasteiger partial charge is 0.486 e. The van der Waals surface area contributed by atoms with Crippen LogP contribution in [-0.4, -0.2) is 22.8 Å². The van der Waals surface area contributed by atoms with E-state index in [1.165, 1.54) is 16.9 Å². The Balaban J connectivity index is 1.74. The molecular weight excluding hydrogens is 332 g/mol. The molecule has 25 heavy (non-hydrogen) atoms. The van der Waals surface area contributed by atoms with Gasteiger partial charge in [-0.25, -0.2) is 4.98 Å². The first kappa shape index (κ1) is 17.2. The van der Waals surface area contributed by atoms with E-state index in [1.54, 1.807) is 16.5 Å². The molecule has 0 spiro atoms. The average Bonchev–Trinajstić information content (AvgIpc) is 3.15.